The van der Waals surface area contributed by atoms with E-state index in [2.05, 4.69) is 49.4 Å². The Hall–Kier alpha value is -1.18. The number of rotatable bonds is 7. The van der Waals surface area contributed by atoms with Crippen molar-refractivity contribution in [2.45, 2.75) is 69.7 Å². The van der Waals surface area contributed by atoms with E-state index in [0.29, 0.717) is 5.04 Å². The van der Waals surface area contributed by atoms with Crippen LogP contribution in [-0.4, -0.2) is 40.9 Å². The summed E-state index contributed by atoms with van der Waals surface area (Å²) in [6.45, 7) is 12.6. The summed E-state index contributed by atoms with van der Waals surface area (Å²) in [5, 5.41) is 13.4. The molecule has 7 heteroatoms. The zero-order valence-corrected chi connectivity index (χ0v) is 19.7. The maximum absolute atomic E-state index is 6.46. The lowest BCUT2D eigenvalue weighted by Crippen LogP contribution is -2.42. The van der Waals surface area contributed by atoms with Crippen molar-refractivity contribution in [3.8, 4) is 5.69 Å². The minimum Gasteiger partial charge on any atom is -0.417 e. The molecule has 1 heterocycles. The fourth-order valence-corrected chi connectivity index (χ4v) is 5.46. The van der Waals surface area contributed by atoms with Gasteiger partial charge in [-0.2, -0.15) is 4.68 Å². The lowest BCUT2D eigenvalue weighted by Gasteiger charge is -2.38. The second-order valence-electron chi connectivity index (χ2n) is 9.48. The molecule has 2 aromatic rings. The van der Waals surface area contributed by atoms with E-state index in [4.69, 9.17) is 4.43 Å². The largest absolute Gasteiger partial charge is 0.417 e. The van der Waals surface area contributed by atoms with Crippen LogP contribution in [0.25, 0.3) is 5.69 Å². The van der Waals surface area contributed by atoms with Crippen molar-refractivity contribution in [2.24, 2.45) is 11.8 Å². The zero-order valence-electron chi connectivity index (χ0n) is 17.9. The molecule has 154 valence electrons. The summed E-state index contributed by atoms with van der Waals surface area (Å²) in [6, 6.07) is 10.1. The molecular weight excluding hydrogens is 384 g/mol. The summed E-state index contributed by atoms with van der Waals surface area (Å²) in [5.41, 5.74) is 1.02. The Morgan fingerprint density at radius 2 is 1.71 bits per heavy atom. The Morgan fingerprint density at radius 1 is 1.07 bits per heavy atom. The highest BCUT2D eigenvalue weighted by Gasteiger charge is 2.37. The summed E-state index contributed by atoms with van der Waals surface area (Å²) in [7, 11) is -1.63. The Morgan fingerprint density at radius 3 is 2.36 bits per heavy atom. The molecule has 0 spiro atoms. The molecule has 0 saturated heterocycles. The van der Waals surface area contributed by atoms with Crippen LogP contribution in [0.5, 0.6) is 0 Å². The van der Waals surface area contributed by atoms with Crippen LogP contribution in [0.3, 0.4) is 0 Å². The number of thioether (sulfide) groups is 1. The van der Waals surface area contributed by atoms with E-state index in [-0.39, 0.29) is 0 Å². The van der Waals surface area contributed by atoms with Crippen LogP contribution in [-0.2, 0) is 4.43 Å². The van der Waals surface area contributed by atoms with Crippen LogP contribution < -0.4 is 0 Å². The monoisotopic (exact) mass is 418 g/mol. The summed E-state index contributed by atoms with van der Waals surface area (Å²) < 4.78 is 8.29. The molecule has 5 nitrogen and oxygen atoms in total. The fourth-order valence-electron chi connectivity index (χ4n) is 3.30. The summed E-state index contributed by atoms with van der Waals surface area (Å²) in [5.74, 6) is 2.56. The van der Waals surface area contributed by atoms with Gasteiger partial charge in [-0.3, -0.25) is 0 Å². The zero-order chi connectivity index (χ0) is 20.2. The molecule has 0 aliphatic heterocycles. The maximum atomic E-state index is 6.46. The van der Waals surface area contributed by atoms with E-state index >= 15 is 0 Å². The van der Waals surface area contributed by atoms with Gasteiger partial charge in [0, 0.05) is 12.4 Å². The molecule has 1 aromatic heterocycles. The third kappa shape index (κ3) is 5.45. The van der Waals surface area contributed by atoms with Crippen LogP contribution in [0, 0.1) is 11.8 Å². The van der Waals surface area contributed by atoms with Crippen molar-refractivity contribution in [3.05, 3.63) is 30.3 Å². The summed E-state index contributed by atoms with van der Waals surface area (Å²) in [4.78, 5) is 0. The summed E-state index contributed by atoms with van der Waals surface area (Å²) >= 11 is 1.78. The van der Waals surface area contributed by atoms with E-state index in [1.807, 2.05) is 35.0 Å². The van der Waals surface area contributed by atoms with E-state index < -0.39 is 8.32 Å². The van der Waals surface area contributed by atoms with Gasteiger partial charge in [0.05, 0.1) is 5.69 Å². The quantitative estimate of drug-likeness (QED) is 0.434. The normalized spacial score (nSPS) is 21.0. The van der Waals surface area contributed by atoms with Crippen LogP contribution in [0.4, 0.5) is 0 Å². The van der Waals surface area contributed by atoms with Gasteiger partial charge >= 0.3 is 0 Å². The van der Waals surface area contributed by atoms with Crippen LogP contribution >= 0.6 is 11.8 Å². The number of tetrazole rings is 1. The first-order chi connectivity index (χ1) is 13.3. The standard InChI is InChI=1S/C21H34N4OSSi/c1-21(2,3)28(4,5)26-15-17-11-13-18(14-12-17)16-27-20-22-23-24-25(20)19-9-7-6-8-10-19/h6-10,17-18H,11-16H2,1-5H3. The Labute approximate surface area is 174 Å². The molecule has 1 aromatic carbocycles. The average molecular weight is 419 g/mol. The second kappa shape index (κ2) is 9.09. The number of hydrogen-bond donors (Lipinski definition) is 0. The minimum absolute atomic E-state index is 0.295. The molecule has 1 fully saturated rings. The van der Waals surface area contributed by atoms with E-state index in [1.165, 1.54) is 25.7 Å². The van der Waals surface area contributed by atoms with Gasteiger partial charge in [-0.1, -0.05) is 50.7 Å². The van der Waals surface area contributed by atoms with Crippen LogP contribution in [0.1, 0.15) is 46.5 Å². The van der Waals surface area contributed by atoms with Crippen molar-refractivity contribution >= 4 is 20.1 Å². The van der Waals surface area contributed by atoms with Gasteiger partial charge in [-0.15, -0.1) is 5.10 Å². The fraction of sp³-hybridized carbons (Fsp3) is 0.667. The molecule has 0 atom stereocenters. The Kier molecular flexibility index (Phi) is 6.99. The van der Waals surface area contributed by atoms with Crippen molar-refractivity contribution in [1.29, 1.82) is 0 Å². The topological polar surface area (TPSA) is 52.8 Å². The van der Waals surface area contributed by atoms with Gasteiger partial charge in [-0.05, 0) is 78.2 Å². The van der Waals surface area contributed by atoms with Crippen molar-refractivity contribution < 1.29 is 4.43 Å². The summed E-state index contributed by atoms with van der Waals surface area (Å²) in [6.07, 6.45) is 5.13. The number of hydrogen-bond acceptors (Lipinski definition) is 5. The van der Waals surface area contributed by atoms with Gasteiger partial charge in [-0.25, -0.2) is 0 Å². The number of nitrogens with zero attached hydrogens (tertiary/aromatic N) is 4. The molecule has 0 N–H and O–H groups in total. The number of para-hydroxylation sites is 1. The molecular formula is C21H34N4OSSi. The van der Waals surface area contributed by atoms with E-state index in [1.54, 1.807) is 11.8 Å². The number of aromatic nitrogens is 4. The van der Waals surface area contributed by atoms with Gasteiger partial charge in [0.2, 0.25) is 5.16 Å². The van der Waals surface area contributed by atoms with Gasteiger partial charge in [0.1, 0.15) is 0 Å². The molecule has 1 aliphatic rings. The Bertz CT molecular complexity index is 736. The van der Waals surface area contributed by atoms with Crippen LogP contribution in [0.2, 0.25) is 18.1 Å². The molecule has 0 amide bonds. The lowest BCUT2D eigenvalue weighted by atomic mass is 9.83. The molecule has 28 heavy (non-hydrogen) atoms. The third-order valence-electron chi connectivity index (χ3n) is 6.34. The van der Waals surface area contributed by atoms with Gasteiger partial charge < -0.3 is 4.43 Å². The molecule has 0 radical (unpaired) electrons. The van der Waals surface area contributed by atoms with Crippen molar-refractivity contribution in [2.75, 3.05) is 12.4 Å². The first-order valence-corrected chi connectivity index (χ1v) is 14.3. The predicted molar refractivity (Wildman–Crippen MR) is 118 cm³/mol. The third-order valence-corrected chi connectivity index (χ3v) is 12.0. The van der Waals surface area contributed by atoms with E-state index in [0.717, 1.165) is 35.0 Å². The van der Waals surface area contributed by atoms with E-state index in [9.17, 15) is 0 Å². The number of benzene rings is 1. The average Bonchev–Trinajstić information content (AvgIpc) is 3.14. The molecule has 0 bridgehead atoms. The highest BCUT2D eigenvalue weighted by atomic mass is 32.2. The first-order valence-electron chi connectivity index (χ1n) is 10.4. The first kappa shape index (κ1) is 21.5. The second-order valence-corrected chi connectivity index (χ2v) is 15.3. The smallest absolute Gasteiger partial charge is 0.214 e. The van der Waals surface area contributed by atoms with Gasteiger partial charge in [0.15, 0.2) is 8.32 Å². The molecule has 1 aliphatic carbocycles. The Balaban J connectivity index is 1.44. The molecule has 0 unspecified atom stereocenters. The highest BCUT2D eigenvalue weighted by molar-refractivity contribution is 7.99. The molecule has 1 saturated carbocycles. The predicted octanol–water partition coefficient (Wildman–Crippen LogP) is 5.58. The lowest BCUT2D eigenvalue weighted by molar-refractivity contribution is 0.176. The van der Waals surface area contributed by atoms with Gasteiger partial charge in [0.25, 0.3) is 0 Å². The highest BCUT2D eigenvalue weighted by Crippen LogP contribution is 2.38. The maximum Gasteiger partial charge on any atom is 0.214 e. The SMILES string of the molecule is CC(C)(C)[Si](C)(C)OCC1CCC(CSc2nnnn2-c2ccccc2)CC1. The molecule has 3 rings (SSSR count). The van der Waals surface area contributed by atoms with Crippen molar-refractivity contribution in [1.82, 2.24) is 20.2 Å². The van der Waals surface area contributed by atoms with Crippen LogP contribution in [0.15, 0.2) is 35.5 Å². The minimum atomic E-state index is -1.63. The van der Waals surface area contributed by atoms with Crippen molar-refractivity contribution in [3.63, 3.8) is 0 Å².